The van der Waals surface area contributed by atoms with E-state index < -0.39 is 5.54 Å². The number of hydrogen-bond acceptors (Lipinski definition) is 2. The topological polar surface area (TPSA) is 61.4 Å². The van der Waals surface area contributed by atoms with Crippen molar-refractivity contribution in [2.75, 3.05) is 19.6 Å². The molecular formula is C11H19N3O2. The minimum Gasteiger partial charge on any atom is -0.351 e. The number of rotatable bonds is 2. The van der Waals surface area contributed by atoms with E-state index in [1.165, 1.54) is 0 Å². The van der Waals surface area contributed by atoms with Gasteiger partial charge in [0.25, 0.3) is 0 Å². The van der Waals surface area contributed by atoms with Gasteiger partial charge in [0.05, 0.1) is 6.54 Å². The van der Waals surface area contributed by atoms with Crippen LogP contribution in [-0.2, 0) is 4.79 Å². The van der Waals surface area contributed by atoms with E-state index in [-0.39, 0.29) is 11.9 Å². The molecule has 0 unspecified atom stereocenters. The van der Waals surface area contributed by atoms with Crippen molar-refractivity contribution in [2.24, 2.45) is 5.92 Å². The number of hydrogen-bond donors (Lipinski definition) is 2. The van der Waals surface area contributed by atoms with Gasteiger partial charge in [-0.15, -0.1) is 0 Å². The second-order valence-corrected chi connectivity index (χ2v) is 5.05. The zero-order valence-electron chi connectivity index (χ0n) is 9.88. The summed E-state index contributed by atoms with van der Waals surface area (Å²) in [5, 5.41) is 5.61. The van der Waals surface area contributed by atoms with E-state index in [0.717, 1.165) is 12.8 Å². The summed E-state index contributed by atoms with van der Waals surface area (Å²) in [7, 11) is 0. The molecule has 2 fully saturated rings. The fourth-order valence-electron chi connectivity index (χ4n) is 2.41. The number of carbonyl (C=O) groups is 2. The highest BCUT2D eigenvalue weighted by atomic mass is 16.2. The maximum absolute atomic E-state index is 11.9. The van der Waals surface area contributed by atoms with Crippen LogP contribution in [0.15, 0.2) is 0 Å². The zero-order chi connectivity index (χ0) is 11.8. The number of carbonyl (C=O) groups excluding carboxylic acids is 2. The van der Waals surface area contributed by atoms with Crippen molar-refractivity contribution in [1.29, 1.82) is 0 Å². The number of β-lactam (4-membered cyclic amide) rings is 1. The van der Waals surface area contributed by atoms with Crippen molar-refractivity contribution in [2.45, 2.75) is 32.2 Å². The summed E-state index contributed by atoms with van der Waals surface area (Å²) in [6.45, 7) is 6.03. The highest BCUT2D eigenvalue weighted by molar-refractivity contribution is 5.96. The molecule has 2 saturated heterocycles. The Hall–Kier alpha value is -1.26. The van der Waals surface area contributed by atoms with Crippen molar-refractivity contribution in [1.82, 2.24) is 15.5 Å². The predicted octanol–water partition coefficient (Wildman–Crippen LogP) is 0.316. The lowest BCUT2D eigenvalue weighted by Crippen LogP contribution is -2.74. The van der Waals surface area contributed by atoms with Gasteiger partial charge in [0.15, 0.2) is 0 Å². The van der Waals surface area contributed by atoms with Gasteiger partial charge in [0.1, 0.15) is 5.54 Å². The van der Waals surface area contributed by atoms with Gasteiger partial charge in [-0.3, -0.25) is 4.79 Å². The van der Waals surface area contributed by atoms with Crippen molar-refractivity contribution in [3.05, 3.63) is 0 Å². The molecule has 0 saturated carbocycles. The molecule has 0 aromatic rings. The van der Waals surface area contributed by atoms with Gasteiger partial charge in [-0.25, -0.2) is 4.79 Å². The first-order chi connectivity index (χ1) is 7.56. The first-order valence-corrected chi connectivity index (χ1v) is 5.90. The standard InChI is InChI=1S/C11H19N3O2/c1-8(2)6-14-10(16)12-5-3-4-11(14)7-13-9(11)15/h8H,3-7H2,1-2H3,(H,12,16)(H,13,15)/t11-/m0/s1. The summed E-state index contributed by atoms with van der Waals surface area (Å²) in [5.41, 5.74) is -0.565. The van der Waals surface area contributed by atoms with Crippen LogP contribution >= 0.6 is 0 Å². The number of urea groups is 1. The van der Waals surface area contributed by atoms with Crippen LogP contribution in [0.3, 0.4) is 0 Å². The molecule has 0 bridgehead atoms. The van der Waals surface area contributed by atoms with Gasteiger partial charge in [-0.2, -0.15) is 0 Å². The van der Waals surface area contributed by atoms with Crippen LogP contribution in [0.4, 0.5) is 4.79 Å². The van der Waals surface area contributed by atoms with E-state index in [4.69, 9.17) is 0 Å². The second-order valence-electron chi connectivity index (χ2n) is 5.05. The molecule has 1 atom stereocenters. The molecule has 0 aromatic carbocycles. The van der Waals surface area contributed by atoms with Crippen LogP contribution in [-0.4, -0.2) is 42.0 Å². The molecular weight excluding hydrogens is 206 g/mol. The summed E-state index contributed by atoms with van der Waals surface area (Å²) in [6.07, 6.45) is 1.64. The fraction of sp³-hybridized carbons (Fsp3) is 0.818. The van der Waals surface area contributed by atoms with E-state index in [0.29, 0.717) is 25.6 Å². The molecule has 0 aromatic heterocycles. The van der Waals surface area contributed by atoms with Crippen LogP contribution in [0.5, 0.6) is 0 Å². The summed E-state index contributed by atoms with van der Waals surface area (Å²) < 4.78 is 0. The molecule has 2 heterocycles. The third-order valence-electron chi connectivity index (χ3n) is 3.32. The largest absolute Gasteiger partial charge is 0.351 e. The summed E-state index contributed by atoms with van der Waals surface area (Å²) >= 11 is 0. The van der Waals surface area contributed by atoms with E-state index in [1.54, 1.807) is 4.90 Å². The molecule has 0 radical (unpaired) electrons. The predicted molar refractivity (Wildman–Crippen MR) is 59.9 cm³/mol. The molecule has 1 spiro atoms. The van der Waals surface area contributed by atoms with Gasteiger partial charge in [-0.05, 0) is 18.8 Å². The number of nitrogens with zero attached hydrogens (tertiary/aromatic N) is 1. The maximum atomic E-state index is 11.9. The van der Waals surface area contributed by atoms with E-state index >= 15 is 0 Å². The smallest absolute Gasteiger partial charge is 0.318 e. The van der Waals surface area contributed by atoms with E-state index in [9.17, 15) is 9.59 Å². The average molecular weight is 225 g/mol. The Morgan fingerprint density at radius 3 is 2.62 bits per heavy atom. The van der Waals surface area contributed by atoms with Crippen molar-refractivity contribution >= 4 is 11.9 Å². The molecule has 16 heavy (non-hydrogen) atoms. The van der Waals surface area contributed by atoms with E-state index in [1.807, 2.05) is 0 Å². The lowest BCUT2D eigenvalue weighted by Gasteiger charge is -2.48. The molecule has 2 rings (SSSR count). The Morgan fingerprint density at radius 1 is 1.38 bits per heavy atom. The minimum absolute atomic E-state index is 0.00481. The van der Waals surface area contributed by atoms with Gasteiger partial charge in [0.2, 0.25) is 5.91 Å². The second kappa shape index (κ2) is 3.96. The molecule has 2 aliphatic heterocycles. The fourth-order valence-corrected chi connectivity index (χ4v) is 2.41. The first-order valence-electron chi connectivity index (χ1n) is 5.90. The molecule has 0 aliphatic carbocycles. The molecule has 5 nitrogen and oxygen atoms in total. The van der Waals surface area contributed by atoms with Crippen molar-refractivity contribution in [3.63, 3.8) is 0 Å². The third-order valence-corrected chi connectivity index (χ3v) is 3.32. The molecule has 90 valence electrons. The van der Waals surface area contributed by atoms with Gasteiger partial charge in [0, 0.05) is 13.1 Å². The van der Waals surface area contributed by atoms with Crippen LogP contribution in [0.1, 0.15) is 26.7 Å². The maximum Gasteiger partial charge on any atom is 0.318 e. The zero-order valence-corrected chi connectivity index (χ0v) is 9.88. The van der Waals surface area contributed by atoms with Crippen LogP contribution in [0, 0.1) is 5.92 Å². The Bertz CT molecular complexity index is 316. The first kappa shape index (κ1) is 11.2. The number of nitrogens with one attached hydrogen (secondary N) is 2. The normalized spacial score (nSPS) is 29.8. The SMILES string of the molecule is CC(C)CN1C(=O)NCCC[C@@]12CNC2=O. The molecule has 2 N–H and O–H groups in total. The lowest BCUT2D eigenvalue weighted by molar-refractivity contribution is -0.141. The van der Waals surface area contributed by atoms with Crippen LogP contribution in [0.2, 0.25) is 0 Å². The van der Waals surface area contributed by atoms with Gasteiger partial charge < -0.3 is 15.5 Å². The summed E-state index contributed by atoms with van der Waals surface area (Å²) in [6, 6.07) is -0.0962. The lowest BCUT2D eigenvalue weighted by atomic mass is 9.84. The Labute approximate surface area is 95.6 Å². The van der Waals surface area contributed by atoms with Gasteiger partial charge in [-0.1, -0.05) is 13.8 Å². The van der Waals surface area contributed by atoms with E-state index in [2.05, 4.69) is 24.5 Å². The van der Waals surface area contributed by atoms with Crippen molar-refractivity contribution in [3.8, 4) is 0 Å². The van der Waals surface area contributed by atoms with Crippen LogP contribution in [0.25, 0.3) is 0 Å². The number of amides is 3. The monoisotopic (exact) mass is 225 g/mol. The molecule has 3 amide bonds. The quantitative estimate of drug-likeness (QED) is 0.665. The van der Waals surface area contributed by atoms with Crippen molar-refractivity contribution < 1.29 is 9.59 Å². The Kier molecular flexibility index (Phi) is 2.78. The molecule has 2 aliphatic rings. The molecule has 5 heteroatoms. The Balaban J connectivity index is 2.23. The summed E-state index contributed by atoms with van der Waals surface area (Å²) in [4.78, 5) is 25.4. The highest BCUT2D eigenvalue weighted by Crippen LogP contribution is 2.30. The minimum atomic E-state index is -0.565. The average Bonchev–Trinajstić information content (AvgIpc) is 2.39. The Morgan fingerprint density at radius 2 is 2.12 bits per heavy atom. The highest BCUT2D eigenvalue weighted by Gasteiger charge is 2.53. The van der Waals surface area contributed by atoms with Gasteiger partial charge >= 0.3 is 6.03 Å². The summed E-state index contributed by atoms with van der Waals surface area (Å²) in [5.74, 6) is 0.374. The third kappa shape index (κ3) is 1.64. The van der Waals surface area contributed by atoms with Crippen LogP contribution < -0.4 is 10.6 Å².